The molecule has 104 valence electrons. The van der Waals surface area contributed by atoms with Crippen LogP contribution in [0.15, 0.2) is 60.7 Å². The highest BCUT2D eigenvalue weighted by molar-refractivity contribution is 5.34. The zero-order chi connectivity index (χ0) is 14.2. The summed E-state index contributed by atoms with van der Waals surface area (Å²) in [6, 6.07) is 17.4. The number of hydrogen-bond donors (Lipinski definition) is 0. The summed E-state index contributed by atoms with van der Waals surface area (Å²) in [6.07, 6.45) is -4.26. The Morgan fingerprint density at radius 3 is 2.00 bits per heavy atom. The van der Waals surface area contributed by atoms with E-state index in [1.807, 2.05) is 30.3 Å². The van der Waals surface area contributed by atoms with Gasteiger partial charge in [0, 0.05) is 13.1 Å². The van der Waals surface area contributed by atoms with Crippen LogP contribution in [0.2, 0.25) is 0 Å². The average molecular weight is 277 g/mol. The zero-order valence-corrected chi connectivity index (χ0v) is 10.8. The molecule has 1 nitrogen and oxygen atoms in total. The highest BCUT2D eigenvalue weighted by Gasteiger charge is 2.70. The molecule has 0 aliphatic carbocycles. The maximum atomic E-state index is 13.5. The fourth-order valence-electron chi connectivity index (χ4n) is 2.66. The Morgan fingerprint density at radius 1 is 0.900 bits per heavy atom. The minimum atomic E-state index is -4.26. The van der Waals surface area contributed by atoms with Crippen molar-refractivity contribution < 1.29 is 13.2 Å². The maximum Gasteiger partial charge on any atom is 0.412 e. The van der Waals surface area contributed by atoms with Crippen molar-refractivity contribution in [2.75, 3.05) is 6.54 Å². The number of nitrogens with zero attached hydrogens (tertiary/aromatic N) is 1. The first-order valence-electron chi connectivity index (χ1n) is 6.45. The SMILES string of the molecule is FC(F)(F)[C@]1(c2ccccc2)CN1Cc1ccccc1. The van der Waals surface area contributed by atoms with Gasteiger partial charge in [-0.3, -0.25) is 4.90 Å². The van der Waals surface area contributed by atoms with Crippen molar-refractivity contribution in [2.24, 2.45) is 0 Å². The largest absolute Gasteiger partial charge is 0.412 e. The van der Waals surface area contributed by atoms with Crippen LogP contribution in [-0.4, -0.2) is 17.6 Å². The third kappa shape index (κ3) is 2.10. The first-order chi connectivity index (χ1) is 9.54. The van der Waals surface area contributed by atoms with Crippen LogP contribution in [0.4, 0.5) is 13.2 Å². The van der Waals surface area contributed by atoms with E-state index in [1.54, 1.807) is 30.3 Å². The summed E-state index contributed by atoms with van der Waals surface area (Å²) >= 11 is 0. The number of rotatable bonds is 3. The van der Waals surface area contributed by atoms with E-state index < -0.39 is 11.7 Å². The van der Waals surface area contributed by atoms with Gasteiger partial charge in [-0.1, -0.05) is 60.7 Å². The molecule has 1 aliphatic rings. The van der Waals surface area contributed by atoms with E-state index in [4.69, 9.17) is 0 Å². The van der Waals surface area contributed by atoms with E-state index in [1.165, 1.54) is 4.90 Å². The lowest BCUT2D eigenvalue weighted by Gasteiger charge is -2.21. The first-order valence-corrected chi connectivity index (χ1v) is 6.45. The molecule has 0 aromatic heterocycles. The fraction of sp³-hybridized carbons (Fsp3) is 0.250. The molecule has 1 aliphatic heterocycles. The number of hydrogen-bond acceptors (Lipinski definition) is 1. The van der Waals surface area contributed by atoms with Crippen molar-refractivity contribution in [1.29, 1.82) is 0 Å². The topological polar surface area (TPSA) is 3.01 Å². The van der Waals surface area contributed by atoms with Crippen molar-refractivity contribution in [3.63, 3.8) is 0 Å². The zero-order valence-electron chi connectivity index (χ0n) is 10.8. The summed E-state index contributed by atoms with van der Waals surface area (Å²) in [5.74, 6) is 0. The Morgan fingerprint density at radius 2 is 1.45 bits per heavy atom. The van der Waals surface area contributed by atoms with Crippen LogP contribution in [-0.2, 0) is 12.1 Å². The molecular formula is C16H14F3N. The summed E-state index contributed by atoms with van der Waals surface area (Å²) < 4.78 is 40.5. The molecule has 1 heterocycles. The fourth-order valence-corrected chi connectivity index (χ4v) is 2.66. The van der Waals surface area contributed by atoms with Crippen molar-refractivity contribution in [3.05, 3.63) is 71.8 Å². The second-order valence-electron chi connectivity index (χ2n) is 5.07. The molecule has 20 heavy (non-hydrogen) atoms. The summed E-state index contributed by atoms with van der Waals surface area (Å²) in [4.78, 5) is 1.47. The smallest absolute Gasteiger partial charge is 0.278 e. The molecule has 0 saturated carbocycles. The predicted octanol–water partition coefficient (Wildman–Crippen LogP) is 3.96. The van der Waals surface area contributed by atoms with E-state index >= 15 is 0 Å². The monoisotopic (exact) mass is 277 g/mol. The van der Waals surface area contributed by atoms with Crippen molar-refractivity contribution in [1.82, 2.24) is 4.90 Å². The van der Waals surface area contributed by atoms with Crippen LogP contribution in [0.3, 0.4) is 0 Å². The molecule has 4 heteroatoms. The lowest BCUT2D eigenvalue weighted by molar-refractivity contribution is -0.174. The van der Waals surface area contributed by atoms with Gasteiger partial charge in [0.05, 0.1) is 0 Å². The molecule has 0 radical (unpaired) electrons. The Labute approximate surface area is 115 Å². The third-order valence-electron chi connectivity index (χ3n) is 3.79. The van der Waals surface area contributed by atoms with Gasteiger partial charge in [0.2, 0.25) is 0 Å². The quantitative estimate of drug-likeness (QED) is 0.767. The molecule has 2 aromatic rings. The van der Waals surface area contributed by atoms with E-state index in [-0.39, 0.29) is 6.54 Å². The lowest BCUT2D eigenvalue weighted by atomic mass is 9.98. The normalized spacial score (nSPS) is 25.4. The van der Waals surface area contributed by atoms with E-state index in [0.29, 0.717) is 12.1 Å². The van der Waals surface area contributed by atoms with Gasteiger partial charge in [-0.15, -0.1) is 0 Å². The van der Waals surface area contributed by atoms with E-state index in [2.05, 4.69) is 0 Å². The molecule has 0 N–H and O–H groups in total. The summed E-state index contributed by atoms with van der Waals surface area (Å²) in [5.41, 5.74) is -0.595. The van der Waals surface area contributed by atoms with Gasteiger partial charge in [-0.25, -0.2) is 0 Å². The van der Waals surface area contributed by atoms with Gasteiger partial charge in [-0.2, -0.15) is 13.2 Å². The number of alkyl halides is 3. The molecule has 0 spiro atoms. The molecule has 2 atom stereocenters. The molecule has 3 rings (SSSR count). The van der Waals surface area contributed by atoms with Crippen LogP contribution >= 0.6 is 0 Å². The predicted molar refractivity (Wildman–Crippen MR) is 71.0 cm³/mol. The number of halogens is 3. The van der Waals surface area contributed by atoms with Gasteiger partial charge < -0.3 is 0 Å². The van der Waals surface area contributed by atoms with Crippen LogP contribution in [0.25, 0.3) is 0 Å². The summed E-state index contributed by atoms with van der Waals surface area (Å²) in [5, 5.41) is 0. The van der Waals surface area contributed by atoms with Crippen molar-refractivity contribution in [2.45, 2.75) is 18.3 Å². The average Bonchev–Trinajstić information content (AvgIpc) is 3.16. The molecular weight excluding hydrogens is 263 g/mol. The second-order valence-corrected chi connectivity index (χ2v) is 5.07. The first kappa shape index (κ1) is 13.2. The summed E-state index contributed by atoms with van der Waals surface area (Å²) in [7, 11) is 0. The highest BCUT2D eigenvalue weighted by Crippen LogP contribution is 2.54. The maximum absolute atomic E-state index is 13.5. The van der Waals surface area contributed by atoms with Gasteiger partial charge in [0.25, 0.3) is 0 Å². The third-order valence-corrected chi connectivity index (χ3v) is 3.79. The van der Waals surface area contributed by atoms with E-state index in [9.17, 15) is 13.2 Å². The van der Waals surface area contributed by atoms with E-state index in [0.717, 1.165) is 5.56 Å². The number of benzene rings is 2. The molecule has 0 bridgehead atoms. The second kappa shape index (κ2) is 4.63. The summed E-state index contributed by atoms with van der Waals surface area (Å²) in [6.45, 7) is 0.338. The minimum Gasteiger partial charge on any atom is -0.278 e. The Kier molecular flexibility index (Phi) is 3.05. The van der Waals surface area contributed by atoms with Crippen LogP contribution in [0.1, 0.15) is 11.1 Å². The van der Waals surface area contributed by atoms with Crippen molar-refractivity contribution in [3.8, 4) is 0 Å². The van der Waals surface area contributed by atoms with Gasteiger partial charge in [-0.05, 0) is 11.1 Å². The molecule has 1 saturated heterocycles. The van der Waals surface area contributed by atoms with Gasteiger partial charge in [0.15, 0.2) is 5.54 Å². The molecule has 0 amide bonds. The Bertz CT molecular complexity index is 580. The molecule has 1 fully saturated rings. The Hall–Kier alpha value is -1.81. The van der Waals surface area contributed by atoms with Crippen LogP contribution in [0, 0.1) is 0 Å². The highest BCUT2D eigenvalue weighted by atomic mass is 19.4. The lowest BCUT2D eigenvalue weighted by Crippen LogP contribution is -2.34. The van der Waals surface area contributed by atoms with Crippen LogP contribution < -0.4 is 0 Å². The van der Waals surface area contributed by atoms with Gasteiger partial charge >= 0.3 is 6.18 Å². The minimum absolute atomic E-state index is 0.0232. The molecule has 1 unspecified atom stereocenters. The standard InChI is InChI=1S/C16H14F3N/c17-16(18,19)15(14-9-5-2-6-10-14)12-20(15)11-13-7-3-1-4-8-13/h1-10H,11-12H2/t15-,20?/m1/s1. The van der Waals surface area contributed by atoms with Crippen molar-refractivity contribution >= 4 is 0 Å². The molecule has 2 aromatic carbocycles. The van der Waals surface area contributed by atoms with Crippen LogP contribution in [0.5, 0.6) is 0 Å². The van der Waals surface area contributed by atoms with Gasteiger partial charge in [0.1, 0.15) is 0 Å². The Balaban J connectivity index is 1.89.